The minimum atomic E-state index is 0.0990. The molecular weight excluding hydrogens is 368 g/mol. The van der Waals surface area contributed by atoms with Crippen molar-refractivity contribution in [3.05, 3.63) is 35.2 Å². The van der Waals surface area contributed by atoms with Crippen LogP contribution in [-0.2, 0) is 11.2 Å². The van der Waals surface area contributed by atoms with E-state index < -0.39 is 0 Å². The van der Waals surface area contributed by atoms with E-state index in [0.717, 1.165) is 18.5 Å². The molecule has 0 spiro atoms. The molecule has 1 aromatic heterocycles. The van der Waals surface area contributed by atoms with Gasteiger partial charge in [-0.15, -0.1) is 0 Å². The Morgan fingerprint density at radius 3 is 3.11 bits per heavy atom. The summed E-state index contributed by atoms with van der Waals surface area (Å²) in [6.07, 6.45) is 1.86. The van der Waals surface area contributed by atoms with Crippen LogP contribution in [0.15, 0.2) is 33.8 Å². The van der Waals surface area contributed by atoms with E-state index in [1.165, 1.54) is 0 Å². The van der Waals surface area contributed by atoms with Crippen LogP contribution in [0.4, 0.5) is 0 Å². The summed E-state index contributed by atoms with van der Waals surface area (Å²) >= 11 is 6.00. The Hall–Kier alpha value is -2.61. The Morgan fingerprint density at radius 2 is 2.37 bits per heavy atom. The molecule has 1 fully saturated rings. The van der Waals surface area contributed by atoms with Gasteiger partial charge in [0.1, 0.15) is 0 Å². The number of rotatable bonds is 6. The predicted molar refractivity (Wildman–Crippen MR) is 104 cm³/mol. The highest BCUT2D eigenvalue weighted by atomic mass is 35.5. The highest BCUT2D eigenvalue weighted by Crippen LogP contribution is 2.19. The Bertz CT molecular complexity index is 797. The minimum Gasteiger partial charge on any atom is -0.357 e. The van der Waals surface area contributed by atoms with E-state index in [0.29, 0.717) is 48.6 Å². The molecular formula is C18H23ClN6O2. The lowest BCUT2D eigenvalue weighted by Gasteiger charge is -2.25. The molecule has 9 heteroatoms. The van der Waals surface area contributed by atoms with Crippen LogP contribution in [0.25, 0.3) is 11.4 Å². The lowest BCUT2D eigenvalue weighted by molar-refractivity contribution is -0.122. The van der Waals surface area contributed by atoms with Gasteiger partial charge in [-0.1, -0.05) is 28.9 Å². The third-order valence-electron chi connectivity index (χ3n) is 4.10. The van der Waals surface area contributed by atoms with Crippen molar-refractivity contribution in [1.82, 2.24) is 26.1 Å². The third-order valence-corrected chi connectivity index (χ3v) is 4.33. The number of amides is 1. The number of aromatic nitrogens is 2. The lowest BCUT2D eigenvalue weighted by atomic mass is 10.1. The molecule has 144 valence electrons. The van der Waals surface area contributed by atoms with Gasteiger partial charge >= 0.3 is 0 Å². The van der Waals surface area contributed by atoms with Crippen LogP contribution in [0.1, 0.15) is 25.7 Å². The molecule has 1 aliphatic heterocycles. The van der Waals surface area contributed by atoms with E-state index in [4.69, 9.17) is 16.1 Å². The molecule has 0 bridgehead atoms. The molecule has 1 atom stereocenters. The van der Waals surface area contributed by atoms with E-state index in [1.54, 1.807) is 12.1 Å². The number of benzene rings is 1. The molecule has 27 heavy (non-hydrogen) atoms. The van der Waals surface area contributed by atoms with Crippen molar-refractivity contribution in [2.75, 3.05) is 19.6 Å². The number of nitrogens with zero attached hydrogens (tertiary/aromatic N) is 3. The molecule has 1 aromatic carbocycles. The van der Waals surface area contributed by atoms with Crippen LogP contribution >= 0.6 is 11.6 Å². The Labute approximate surface area is 162 Å². The monoisotopic (exact) mass is 390 g/mol. The normalized spacial score (nSPS) is 17.5. The van der Waals surface area contributed by atoms with Crippen molar-refractivity contribution >= 4 is 23.5 Å². The quantitative estimate of drug-likeness (QED) is 0.513. The van der Waals surface area contributed by atoms with Gasteiger partial charge in [0.15, 0.2) is 5.96 Å². The van der Waals surface area contributed by atoms with Crippen molar-refractivity contribution in [2.24, 2.45) is 4.99 Å². The highest BCUT2D eigenvalue weighted by Gasteiger charge is 2.18. The van der Waals surface area contributed by atoms with Gasteiger partial charge < -0.3 is 20.5 Å². The largest absolute Gasteiger partial charge is 0.357 e. The highest BCUT2D eigenvalue weighted by molar-refractivity contribution is 6.30. The van der Waals surface area contributed by atoms with Gasteiger partial charge in [-0.3, -0.25) is 9.79 Å². The van der Waals surface area contributed by atoms with Crippen LogP contribution < -0.4 is 16.0 Å². The van der Waals surface area contributed by atoms with Crippen molar-refractivity contribution < 1.29 is 9.32 Å². The average molecular weight is 391 g/mol. The Balaban J connectivity index is 1.55. The summed E-state index contributed by atoms with van der Waals surface area (Å²) in [5.41, 5.74) is 0.815. The van der Waals surface area contributed by atoms with Crippen molar-refractivity contribution in [2.45, 2.75) is 32.2 Å². The van der Waals surface area contributed by atoms with E-state index >= 15 is 0 Å². The molecule has 1 unspecified atom stereocenters. The molecule has 0 saturated carbocycles. The fourth-order valence-corrected chi connectivity index (χ4v) is 2.92. The zero-order valence-electron chi connectivity index (χ0n) is 15.2. The summed E-state index contributed by atoms with van der Waals surface area (Å²) in [6.45, 7) is 3.88. The Kier molecular flexibility index (Phi) is 6.64. The zero-order valence-corrected chi connectivity index (χ0v) is 15.9. The van der Waals surface area contributed by atoms with Gasteiger partial charge in [-0.25, -0.2) is 0 Å². The molecule has 3 N–H and O–H groups in total. The first kappa shape index (κ1) is 19.2. The number of carbonyl (C=O) groups excluding carboxylic acids is 1. The molecule has 0 radical (unpaired) electrons. The third kappa shape index (κ3) is 5.68. The SMILES string of the molecule is CCNC(=NCCc1nc(-c2cccc(Cl)c2)no1)NC1CCC(=O)NC1. The molecule has 3 rings (SSSR count). The van der Waals surface area contributed by atoms with E-state index in [2.05, 4.69) is 31.1 Å². The number of aliphatic imine (C=N–C) groups is 1. The first-order chi connectivity index (χ1) is 13.1. The fraction of sp³-hybridized carbons (Fsp3) is 0.444. The second kappa shape index (κ2) is 9.36. The Morgan fingerprint density at radius 1 is 1.48 bits per heavy atom. The second-order valence-corrected chi connectivity index (χ2v) is 6.65. The van der Waals surface area contributed by atoms with Crippen molar-refractivity contribution in [1.29, 1.82) is 0 Å². The second-order valence-electron chi connectivity index (χ2n) is 6.22. The van der Waals surface area contributed by atoms with Crippen LogP contribution in [0.5, 0.6) is 0 Å². The number of hydrogen-bond donors (Lipinski definition) is 3. The van der Waals surface area contributed by atoms with Crippen molar-refractivity contribution in [3.63, 3.8) is 0 Å². The first-order valence-corrected chi connectivity index (χ1v) is 9.42. The van der Waals surface area contributed by atoms with Gasteiger partial charge in [-0.2, -0.15) is 4.98 Å². The number of guanidine groups is 1. The molecule has 2 aromatic rings. The standard InChI is InChI=1S/C18H23ClN6O2/c1-2-20-18(23-14-6-7-15(26)22-11-14)21-9-8-16-24-17(25-27-16)12-4-3-5-13(19)10-12/h3-5,10,14H,2,6-9,11H2,1H3,(H,22,26)(H2,20,21,23). The first-order valence-electron chi connectivity index (χ1n) is 9.04. The van der Waals surface area contributed by atoms with Gasteiger partial charge in [0.25, 0.3) is 0 Å². The van der Waals surface area contributed by atoms with E-state index in [-0.39, 0.29) is 11.9 Å². The zero-order chi connectivity index (χ0) is 19.1. The number of hydrogen-bond acceptors (Lipinski definition) is 5. The summed E-state index contributed by atoms with van der Waals surface area (Å²) in [7, 11) is 0. The van der Waals surface area contributed by atoms with Gasteiger partial charge in [0.05, 0.1) is 6.54 Å². The summed E-state index contributed by atoms with van der Waals surface area (Å²) in [5, 5.41) is 14.0. The lowest BCUT2D eigenvalue weighted by Crippen LogP contribution is -2.51. The van der Waals surface area contributed by atoms with E-state index in [1.807, 2.05) is 19.1 Å². The van der Waals surface area contributed by atoms with Gasteiger partial charge in [0, 0.05) is 42.6 Å². The molecule has 0 aliphatic carbocycles. The molecule has 1 amide bonds. The number of nitrogens with one attached hydrogen (secondary N) is 3. The van der Waals surface area contributed by atoms with Crippen molar-refractivity contribution in [3.8, 4) is 11.4 Å². The maximum absolute atomic E-state index is 11.3. The summed E-state index contributed by atoms with van der Waals surface area (Å²) in [5.74, 6) is 1.85. The molecule has 1 aliphatic rings. The van der Waals surface area contributed by atoms with Gasteiger partial charge in [0.2, 0.25) is 17.6 Å². The number of carbonyl (C=O) groups is 1. The summed E-state index contributed by atoms with van der Waals surface area (Å²) in [4.78, 5) is 20.2. The van der Waals surface area contributed by atoms with Crippen LogP contribution in [0.2, 0.25) is 5.02 Å². The molecule has 2 heterocycles. The van der Waals surface area contributed by atoms with Gasteiger partial charge in [-0.05, 0) is 25.5 Å². The average Bonchev–Trinajstić information content (AvgIpc) is 3.13. The molecule has 1 saturated heterocycles. The smallest absolute Gasteiger partial charge is 0.228 e. The van der Waals surface area contributed by atoms with Crippen LogP contribution in [-0.4, -0.2) is 47.7 Å². The molecule has 8 nitrogen and oxygen atoms in total. The van der Waals surface area contributed by atoms with Crippen LogP contribution in [0, 0.1) is 0 Å². The summed E-state index contributed by atoms with van der Waals surface area (Å²) in [6, 6.07) is 7.51. The maximum atomic E-state index is 11.3. The minimum absolute atomic E-state index is 0.0990. The number of piperidine rings is 1. The topological polar surface area (TPSA) is 104 Å². The number of halogens is 1. The van der Waals surface area contributed by atoms with E-state index in [9.17, 15) is 4.79 Å². The summed E-state index contributed by atoms with van der Waals surface area (Å²) < 4.78 is 5.30. The van der Waals surface area contributed by atoms with Crippen LogP contribution in [0.3, 0.4) is 0 Å². The fourth-order valence-electron chi connectivity index (χ4n) is 2.73. The predicted octanol–water partition coefficient (Wildman–Crippen LogP) is 1.77. The maximum Gasteiger partial charge on any atom is 0.228 e.